The van der Waals surface area contributed by atoms with Crippen LogP contribution in [0.3, 0.4) is 0 Å². The number of hydrogen-bond donors (Lipinski definition) is 3. The molecule has 0 fully saturated rings. The normalized spacial score (nSPS) is 13.6. The maximum atomic E-state index is 9.55. The molecule has 0 spiro atoms. The first-order valence-electron chi connectivity index (χ1n) is 12.1. The minimum atomic E-state index is -1.26. The van der Waals surface area contributed by atoms with Crippen LogP contribution < -0.4 is 5.32 Å². The third kappa shape index (κ3) is 10.2. The summed E-state index contributed by atoms with van der Waals surface area (Å²) in [7, 11) is 0. The molecule has 1 aliphatic rings. The monoisotopic (exact) mass is 463 g/mol. The van der Waals surface area contributed by atoms with Crippen molar-refractivity contribution in [3.8, 4) is 0 Å². The molecule has 2 aromatic carbocycles. The van der Waals surface area contributed by atoms with Crippen LogP contribution in [0, 0.1) is 5.92 Å². The molecule has 0 heterocycles. The van der Waals surface area contributed by atoms with Gasteiger partial charge in [0.25, 0.3) is 0 Å². The zero-order chi connectivity index (χ0) is 24.6. The van der Waals surface area contributed by atoms with Crippen LogP contribution in [0.1, 0.15) is 54.7 Å². The summed E-state index contributed by atoms with van der Waals surface area (Å²) in [4.78, 5) is 19.1. The third-order valence-electron chi connectivity index (χ3n) is 6.13. The van der Waals surface area contributed by atoms with Crippen LogP contribution in [-0.2, 0) is 22.4 Å². The van der Waals surface area contributed by atoms with Gasteiger partial charge in [-0.3, -0.25) is 0 Å². The summed E-state index contributed by atoms with van der Waals surface area (Å²) >= 11 is 0. The highest BCUT2D eigenvalue weighted by Crippen LogP contribution is 2.39. The topological polar surface area (TPSA) is 86.6 Å². The molecule has 3 N–H and O–H groups in total. The number of carboxylic acid groups (broad SMARTS) is 2. The second-order valence-electron chi connectivity index (χ2n) is 8.64. The highest BCUT2D eigenvalue weighted by atomic mass is 16.4. The second-order valence-corrected chi connectivity index (χ2v) is 8.64. The molecular weight excluding hydrogens is 426 g/mol. The quantitative estimate of drug-likeness (QED) is 0.204. The van der Waals surface area contributed by atoms with Gasteiger partial charge in [0.15, 0.2) is 0 Å². The summed E-state index contributed by atoms with van der Waals surface area (Å²) in [5, 5.41) is 19.2. The zero-order valence-corrected chi connectivity index (χ0v) is 19.9. The molecule has 182 valence electrons. The molecule has 1 atom stereocenters. The van der Waals surface area contributed by atoms with Gasteiger partial charge in [-0.25, -0.2) is 9.59 Å². The van der Waals surface area contributed by atoms with E-state index in [9.17, 15) is 9.59 Å². The van der Waals surface area contributed by atoms with Gasteiger partial charge in [0, 0.05) is 12.2 Å². The molecular formula is C29H37NO4. The van der Waals surface area contributed by atoms with E-state index >= 15 is 0 Å². The van der Waals surface area contributed by atoms with Crippen LogP contribution in [0.2, 0.25) is 0 Å². The number of allylic oxidation sites excluding steroid dienone is 1. The third-order valence-corrected chi connectivity index (χ3v) is 6.13. The molecule has 5 nitrogen and oxygen atoms in total. The fourth-order valence-corrected chi connectivity index (χ4v) is 4.51. The first kappa shape index (κ1) is 27.1. The van der Waals surface area contributed by atoms with Crippen LogP contribution in [0.25, 0.3) is 0 Å². The summed E-state index contributed by atoms with van der Waals surface area (Å²) in [6.07, 6.45) is 11.8. The lowest BCUT2D eigenvalue weighted by Gasteiger charge is -2.24. The molecule has 3 rings (SSSR count). The van der Waals surface area contributed by atoms with E-state index in [0.29, 0.717) is 18.1 Å². The first-order valence-corrected chi connectivity index (χ1v) is 12.1. The number of hydrogen-bond acceptors (Lipinski definition) is 3. The van der Waals surface area contributed by atoms with Gasteiger partial charge in [-0.1, -0.05) is 60.7 Å². The minimum Gasteiger partial charge on any atom is -0.478 e. The largest absolute Gasteiger partial charge is 0.478 e. The summed E-state index contributed by atoms with van der Waals surface area (Å²) in [6, 6.07) is 20.2. The Bertz CT molecular complexity index is 882. The lowest BCUT2D eigenvalue weighted by atomic mass is 9.81. The standard InChI is InChI=1S/C25H33N.C4H4O4/c1-2-3-4-10-17-26-18-11-16-25(21-12-6-5-7-13-21)24-19-22-14-8-9-15-23(22)20-24;5-3(6)1-2-4(7)8/h2,5-9,12-15,24-26H,1,3-4,10-11,16-20H2;1-2H,(H,5,6)(H,7,8). The smallest absolute Gasteiger partial charge is 0.328 e. The first-order chi connectivity index (χ1) is 16.5. The van der Waals surface area contributed by atoms with E-state index in [1.165, 1.54) is 44.1 Å². The van der Waals surface area contributed by atoms with Crippen LogP contribution in [0.4, 0.5) is 0 Å². The summed E-state index contributed by atoms with van der Waals surface area (Å²) < 4.78 is 0. The SMILES string of the molecule is C=CCCCCNCCCC(c1ccccc1)C1Cc2ccccc2C1.O=C(O)C=CC(=O)O. The molecule has 0 saturated carbocycles. The Morgan fingerprint density at radius 1 is 0.882 bits per heavy atom. The fourth-order valence-electron chi connectivity index (χ4n) is 4.51. The van der Waals surface area contributed by atoms with Crippen molar-refractivity contribution in [3.05, 3.63) is 96.1 Å². The molecule has 1 unspecified atom stereocenters. The van der Waals surface area contributed by atoms with E-state index < -0.39 is 11.9 Å². The van der Waals surface area contributed by atoms with Crippen molar-refractivity contribution in [1.82, 2.24) is 5.32 Å². The van der Waals surface area contributed by atoms with Crippen molar-refractivity contribution < 1.29 is 19.8 Å². The Kier molecular flexibility index (Phi) is 12.4. The lowest BCUT2D eigenvalue weighted by molar-refractivity contribution is -0.134. The van der Waals surface area contributed by atoms with Crippen LogP contribution in [0.5, 0.6) is 0 Å². The van der Waals surface area contributed by atoms with Gasteiger partial charge in [-0.15, -0.1) is 6.58 Å². The number of fused-ring (bicyclic) bond motifs is 1. The fraction of sp³-hybridized carbons (Fsp3) is 0.379. The number of carboxylic acids is 2. The van der Waals surface area contributed by atoms with E-state index in [-0.39, 0.29) is 0 Å². The highest BCUT2D eigenvalue weighted by Gasteiger charge is 2.29. The van der Waals surface area contributed by atoms with Gasteiger partial charge in [-0.2, -0.15) is 0 Å². The van der Waals surface area contributed by atoms with E-state index in [2.05, 4.69) is 66.5 Å². The molecule has 0 saturated heterocycles. The predicted molar refractivity (Wildman–Crippen MR) is 137 cm³/mol. The Morgan fingerprint density at radius 2 is 1.44 bits per heavy atom. The Hall–Kier alpha value is -3.18. The van der Waals surface area contributed by atoms with Gasteiger partial charge in [0.05, 0.1) is 0 Å². The number of benzene rings is 2. The Balaban J connectivity index is 0.000000440. The van der Waals surface area contributed by atoms with Crippen LogP contribution >= 0.6 is 0 Å². The van der Waals surface area contributed by atoms with E-state index in [1.54, 1.807) is 11.1 Å². The van der Waals surface area contributed by atoms with Crippen LogP contribution in [-0.4, -0.2) is 35.2 Å². The average Bonchev–Trinajstić information content (AvgIpc) is 3.26. The average molecular weight is 464 g/mol. The summed E-state index contributed by atoms with van der Waals surface area (Å²) in [6.45, 7) is 6.06. The molecule has 2 aromatic rings. The maximum Gasteiger partial charge on any atom is 0.328 e. The summed E-state index contributed by atoms with van der Waals surface area (Å²) in [5.74, 6) is -1.09. The molecule has 0 radical (unpaired) electrons. The zero-order valence-electron chi connectivity index (χ0n) is 19.9. The Morgan fingerprint density at radius 3 is 2.00 bits per heavy atom. The van der Waals surface area contributed by atoms with Gasteiger partial charge >= 0.3 is 11.9 Å². The van der Waals surface area contributed by atoms with Gasteiger partial charge in [0.1, 0.15) is 0 Å². The minimum absolute atomic E-state index is 0.558. The highest BCUT2D eigenvalue weighted by molar-refractivity contribution is 5.89. The molecule has 0 aliphatic heterocycles. The number of carbonyl (C=O) groups is 2. The Labute approximate surface area is 203 Å². The van der Waals surface area contributed by atoms with Crippen molar-refractivity contribution >= 4 is 11.9 Å². The van der Waals surface area contributed by atoms with Crippen molar-refractivity contribution in [2.24, 2.45) is 5.92 Å². The summed E-state index contributed by atoms with van der Waals surface area (Å²) in [5.41, 5.74) is 4.66. The molecule has 5 heteroatoms. The van der Waals surface area contributed by atoms with E-state index in [0.717, 1.165) is 25.4 Å². The number of unbranched alkanes of at least 4 members (excludes halogenated alkanes) is 2. The van der Waals surface area contributed by atoms with Crippen molar-refractivity contribution in [2.45, 2.75) is 50.9 Å². The molecule has 0 aromatic heterocycles. The van der Waals surface area contributed by atoms with Crippen molar-refractivity contribution in [2.75, 3.05) is 13.1 Å². The lowest BCUT2D eigenvalue weighted by Crippen LogP contribution is -2.19. The molecule has 34 heavy (non-hydrogen) atoms. The predicted octanol–water partition coefficient (Wildman–Crippen LogP) is 5.62. The van der Waals surface area contributed by atoms with Gasteiger partial charge < -0.3 is 15.5 Å². The van der Waals surface area contributed by atoms with E-state index in [1.807, 2.05) is 6.08 Å². The second kappa shape index (κ2) is 15.6. The van der Waals surface area contributed by atoms with Crippen molar-refractivity contribution in [1.29, 1.82) is 0 Å². The maximum absolute atomic E-state index is 9.55. The van der Waals surface area contributed by atoms with Gasteiger partial charge in [0.2, 0.25) is 0 Å². The van der Waals surface area contributed by atoms with Gasteiger partial charge in [-0.05, 0) is 86.6 Å². The van der Waals surface area contributed by atoms with Crippen molar-refractivity contribution in [3.63, 3.8) is 0 Å². The number of rotatable bonds is 13. The number of nitrogens with one attached hydrogen (secondary N) is 1. The molecule has 1 aliphatic carbocycles. The van der Waals surface area contributed by atoms with E-state index in [4.69, 9.17) is 10.2 Å². The van der Waals surface area contributed by atoms with Crippen LogP contribution in [0.15, 0.2) is 79.4 Å². The number of aliphatic carboxylic acids is 2. The molecule has 0 bridgehead atoms. The molecule has 0 amide bonds.